The van der Waals surface area contributed by atoms with Gasteiger partial charge in [0.15, 0.2) is 5.11 Å². The Balaban J connectivity index is 1.57. The quantitative estimate of drug-likeness (QED) is 0.474. The van der Waals surface area contributed by atoms with Gasteiger partial charge in [-0.2, -0.15) is 0 Å². The molecule has 2 aliphatic rings. The summed E-state index contributed by atoms with van der Waals surface area (Å²) in [6.07, 6.45) is 8.86. The van der Waals surface area contributed by atoms with Crippen LogP contribution in [0.15, 0.2) is 0 Å². The van der Waals surface area contributed by atoms with Crippen molar-refractivity contribution in [1.82, 2.24) is 20.9 Å². The lowest BCUT2D eigenvalue weighted by atomic mass is 9.96. The van der Waals surface area contributed by atoms with Crippen LogP contribution in [0.4, 0.5) is 4.79 Å². The molecule has 1 saturated carbocycles. The van der Waals surface area contributed by atoms with Gasteiger partial charge in [0.2, 0.25) is 0 Å². The molecule has 0 unspecified atom stereocenters. The van der Waals surface area contributed by atoms with Crippen molar-refractivity contribution in [2.45, 2.75) is 70.4 Å². The van der Waals surface area contributed by atoms with E-state index in [9.17, 15) is 4.79 Å². The molecule has 0 bridgehead atoms. The molecule has 1 aliphatic heterocycles. The van der Waals surface area contributed by atoms with E-state index < -0.39 is 0 Å². The minimum atomic E-state index is 0.00183. The van der Waals surface area contributed by atoms with Gasteiger partial charge in [0.25, 0.3) is 0 Å². The molecule has 0 spiro atoms. The van der Waals surface area contributed by atoms with Gasteiger partial charge in [0, 0.05) is 44.9 Å². The van der Waals surface area contributed by atoms with Crippen molar-refractivity contribution < 1.29 is 9.53 Å². The standard InChI is InChI=1S/C18H34N4O2S/c1-2-24-14-6-11-19-18(25)22-12-9-16(10-13-22)21-17(23)20-15-7-4-3-5-8-15/h15-16H,2-14H2,1H3,(H,19,25)(H2,20,21,23). The van der Waals surface area contributed by atoms with Crippen molar-refractivity contribution in [2.75, 3.05) is 32.8 Å². The van der Waals surface area contributed by atoms with Crippen molar-refractivity contribution in [3.8, 4) is 0 Å². The zero-order valence-electron chi connectivity index (χ0n) is 15.5. The molecule has 0 atom stereocenters. The van der Waals surface area contributed by atoms with Crippen molar-refractivity contribution >= 4 is 23.4 Å². The van der Waals surface area contributed by atoms with Crippen LogP contribution in [0.3, 0.4) is 0 Å². The first-order chi connectivity index (χ1) is 12.2. The molecular weight excluding hydrogens is 336 g/mol. The summed E-state index contributed by atoms with van der Waals surface area (Å²) in [7, 11) is 0. The minimum absolute atomic E-state index is 0.00183. The number of carbonyl (C=O) groups excluding carboxylic acids is 1. The predicted octanol–water partition coefficient (Wildman–Crippen LogP) is 2.38. The SMILES string of the molecule is CCOCCCNC(=S)N1CCC(NC(=O)NC2CCCCC2)CC1. The summed E-state index contributed by atoms with van der Waals surface area (Å²) in [5.41, 5.74) is 0. The maximum absolute atomic E-state index is 12.1. The van der Waals surface area contributed by atoms with Crippen molar-refractivity contribution in [3.05, 3.63) is 0 Å². The van der Waals surface area contributed by atoms with E-state index in [-0.39, 0.29) is 12.1 Å². The predicted molar refractivity (Wildman–Crippen MR) is 105 cm³/mol. The maximum Gasteiger partial charge on any atom is 0.315 e. The lowest BCUT2D eigenvalue weighted by Crippen LogP contribution is -2.52. The van der Waals surface area contributed by atoms with Crippen LogP contribution in [0.25, 0.3) is 0 Å². The number of hydrogen-bond donors (Lipinski definition) is 3. The molecule has 0 radical (unpaired) electrons. The first kappa shape index (κ1) is 20.2. The summed E-state index contributed by atoms with van der Waals surface area (Å²) in [5, 5.41) is 10.4. The summed E-state index contributed by atoms with van der Waals surface area (Å²) in [4.78, 5) is 14.3. The summed E-state index contributed by atoms with van der Waals surface area (Å²) in [6, 6.07) is 0.616. The molecule has 25 heavy (non-hydrogen) atoms. The van der Waals surface area contributed by atoms with Gasteiger partial charge in [-0.1, -0.05) is 19.3 Å². The molecular formula is C18H34N4O2S. The highest BCUT2D eigenvalue weighted by molar-refractivity contribution is 7.80. The largest absolute Gasteiger partial charge is 0.382 e. The van der Waals surface area contributed by atoms with Crippen LogP contribution < -0.4 is 16.0 Å². The van der Waals surface area contributed by atoms with Gasteiger partial charge in [-0.15, -0.1) is 0 Å². The molecule has 3 N–H and O–H groups in total. The smallest absolute Gasteiger partial charge is 0.315 e. The highest BCUT2D eigenvalue weighted by Crippen LogP contribution is 2.17. The minimum Gasteiger partial charge on any atom is -0.382 e. The second-order valence-corrected chi connectivity index (χ2v) is 7.38. The van der Waals surface area contributed by atoms with Crippen LogP contribution in [0, 0.1) is 0 Å². The van der Waals surface area contributed by atoms with Crippen LogP contribution in [0.2, 0.25) is 0 Å². The average molecular weight is 371 g/mol. The van der Waals surface area contributed by atoms with E-state index in [0.717, 1.165) is 70.1 Å². The first-order valence-electron chi connectivity index (χ1n) is 9.86. The number of nitrogens with one attached hydrogen (secondary N) is 3. The number of likely N-dealkylation sites (tertiary alicyclic amines) is 1. The number of rotatable bonds is 7. The molecule has 7 heteroatoms. The van der Waals surface area contributed by atoms with Gasteiger partial charge in [0.1, 0.15) is 0 Å². The van der Waals surface area contributed by atoms with E-state index in [1.165, 1.54) is 19.3 Å². The third-order valence-corrected chi connectivity index (χ3v) is 5.41. The molecule has 1 heterocycles. The first-order valence-corrected chi connectivity index (χ1v) is 10.3. The zero-order chi connectivity index (χ0) is 17.9. The van der Waals surface area contributed by atoms with Gasteiger partial charge >= 0.3 is 6.03 Å². The lowest BCUT2D eigenvalue weighted by molar-refractivity contribution is 0.145. The van der Waals surface area contributed by atoms with Crippen molar-refractivity contribution in [3.63, 3.8) is 0 Å². The highest BCUT2D eigenvalue weighted by atomic mass is 32.1. The summed E-state index contributed by atoms with van der Waals surface area (Å²) >= 11 is 5.46. The second kappa shape index (κ2) is 11.5. The molecule has 2 fully saturated rings. The molecule has 0 aromatic carbocycles. The Labute approximate surface area is 157 Å². The molecule has 1 saturated heterocycles. The summed E-state index contributed by atoms with van der Waals surface area (Å²) < 4.78 is 5.32. The topological polar surface area (TPSA) is 65.6 Å². The van der Waals surface area contributed by atoms with E-state index in [0.29, 0.717) is 6.04 Å². The van der Waals surface area contributed by atoms with E-state index in [1.54, 1.807) is 0 Å². The van der Waals surface area contributed by atoms with Gasteiger partial charge in [-0.05, 0) is 51.2 Å². The molecule has 2 rings (SSSR count). The van der Waals surface area contributed by atoms with E-state index in [1.807, 2.05) is 6.92 Å². The third-order valence-electron chi connectivity index (χ3n) is 5.00. The average Bonchev–Trinajstić information content (AvgIpc) is 2.63. The number of hydrogen-bond acceptors (Lipinski definition) is 3. The van der Waals surface area contributed by atoms with Crippen molar-refractivity contribution in [1.29, 1.82) is 0 Å². The second-order valence-electron chi connectivity index (χ2n) is 7.00. The van der Waals surface area contributed by atoms with Gasteiger partial charge in [0.05, 0.1) is 0 Å². The van der Waals surface area contributed by atoms with Crippen LogP contribution in [-0.2, 0) is 4.74 Å². The fourth-order valence-electron chi connectivity index (χ4n) is 3.51. The molecule has 1 aliphatic carbocycles. The number of nitrogens with zero attached hydrogens (tertiary/aromatic N) is 1. The van der Waals surface area contributed by atoms with Crippen LogP contribution in [0.5, 0.6) is 0 Å². The van der Waals surface area contributed by atoms with E-state index >= 15 is 0 Å². The number of urea groups is 1. The third kappa shape index (κ3) is 7.77. The summed E-state index contributed by atoms with van der Waals surface area (Å²) in [6.45, 7) is 6.18. The number of piperidine rings is 1. The Morgan fingerprint density at radius 1 is 1.08 bits per heavy atom. The Kier molecular flexibility index (Phi) is 9.32. The van der Waals surface area contributed by atoms with Crippen LogP contribution in [-0.4, -0.2) is 61.0 Å². The fraction of sp³-hybridized carbons (Fsp3) is 0.889. The lowest BCUT2D eigenvalue weighted by Gasteiger charge is -2.34. The van der Waals surface area contributed by atoms with Gasteiger partial charge in [-0.3, -0.25) is 0 Å². The number of amides is 2. The van der Waals surface area contributed by atoms with E-state index in [4.69, 9.17) is 17.0 Å². The normalized spacial score (nSPS) is 19.5. The fourth-order valence-corrected chi connectivity index (χ4v) is 3.80. The zero-order valence-corrected chi connectivity index (χ0v) is 16.3. The van der Waals surface area contributed by atoms with E-state index in [2.05, 4.69) is 20.9 Å². The van der Waals surface area contributed by atoms with Gasteiger partial charge in [-0.25, -0.2) is 4.79 Å². The highest BCUT2D eigenvalue weighted by Gasteiger charge is 2.23. The van der Waals surface area contributed by atoms with Crippen LogP contribution >= 0.6 is 12.2 Å². The molecule has 2 amide bonds. The van der Waals surface area contributed by atoms with Gasteiger partial charge < -0.3 is 25.6 Å². The molecule has 6 nitrogen and oxygen atoms in total. The number of ether oxygens (including phenoxy) is 1. The van der Waals surface area contributed by atoms with Crippen LogP contribution in [0.1, 0.15) is 58.3 Å². The van der Waals surface area contributed by atoms with Crippen molar-refractivity contribution in [2.24, 2.45) is 0 Å². The monoisotopic (exact) mass is 370 g/mol. The molecule has 144 valence electrons. The molecule has 0 aromatic heterocycles. The summed E-state index contributed by atoms with van der Waals surface area (Å²) in [5.74, 6) is 0. The Hall–Kier alpha value is -1.08. The maximum atomic E-state index is 12.1. The molecule has 0 aromatic rings. The Morgan fingerprint density at radius 3 is 2.36 bits per heavy atom. The number of carbonyl (C=O) groups is 1. The Morgan fingerprint density at radius 2 is 1.72 bits per heavy atom. The Bertz CT molecular complexity index is 408. The number of thiocarbonyl (C=S) groups is 1.